The summed E-state index contributed by atoms with van der Waals surface area (Å²) in [5.41, 5.74) is 1.38. The second-order valence-corrected chi connectivity index (χ2v) is 4.82. The standard InChI is InChI=1S/C13H22N2/c1-10(2)8-12-6-7-14-13(9-12)15(5)11(3)4/h6-7,9-11H,8H2,1-5H3. The summed E-state index contributed by atoms with van der Waals surface area (Å²) in [6, 6.07) is 4.80. The van der Waals surface area contributed by atoms with Crippen molar-refractivity contribution in [2.45, 2.75) is 40.2 Å². The maximum atomic E-state index is 4.39. The Morgan fingerprint density at radius 3 is 2.47 bits per heavy atom. The molecule has 0 fully saturated rings. The number of pyridine rings is 1. The molecule has 1 aromatic heterocycles. The van der Waals surface area contributed by atoms with E-state index < -0.39 is 0 Å². The predicted octanol–water partition coefficient (Wildman–Crippen LogP) is 3.12. The topological polar surface area (TPSA) is 16.1 Å². The van der Waals surface area contributed by atoms with E-state index in [1.807, 2.05) is 6.20 Å². The van der Waals surface area contributed by atoms with E-state index in [9.17, 15) is 0 Å². The summed E-state index contributed by atoms with van der Waals surface area (Å²) < 4.78 is 0. The lowest BCUT2D eigenvalue weighted by atomic mass is 10.0. The van der Waals surface area contributed by atoms with Crippen LogP contribution in [0.15, 0.2) is 18.3 Å². The van der Waals surface area contributed by atoms with Gasteiger partial charge in [0.15, 0.2) is 0 Å². The van der Waals surface area contributed by atoms with E-state index in [0.29, 0.717) is 12.0 Å². The molecule has 0 amide bonds. The van der Waals surface area contributed by atoms with Crippen LogP contribution in [-0.4, -0.2) is 18.1 Å². The van der Waals surface area contributed by atoms with Crippen molar-refractivity contribution in [1.29, 1.82) is 0 Å². The molecule has 0 atom stereocenters. The molecule has 0 aliphatic heterocycles. The Morgan fingerprint density at radius 2 is 1.93 bits per heavy atom. The van der Waals surface area contributed by atoms with E-state index in [0.717, 1.165) is 12.2 Å². The third-order valence-electron chi connectivity index (χ3n) is 2.59. The summed E-state index contributed by atoms with van der Waals surface area (Å²) in [5, 5.41) is 0. The van der Waals surface area contributed by atoms with Crippen molar-refractivity contribution < 1.29 is 0 Å². The fourth-order valence-corrected chi connectivity index (χ4v) is 1.52. The molecule has 0 spiro atoms. The minimum absolute atomic E-state index is 0.492. The fraction of sp³-hybridized carbons (Fsp3) is 0.615. The van der Waals surface area contributed by atoms with Gasteiger partial charge in [-0.2, -0.15) is 0 Å². The molecule has 0 bridgehead atoms. The van der Waals surface area contributed by atoms with Crippen molar-refractivity contribution in [3.63, 3.8) is 0 Å². The predicted molar refractivity (Wildman–Crippen MR) is 66.3 cm³/mol. The van der Waals surface area contributed by atoms with Crippen molar-refractivity contribution >= 4 is 5.82 Å². The minimum Gasteiger partial charge on any atom is -0.357 e. The van der Waals surface area contributed by atoms with Crippen LogP contribution in [-0.2, 0) is 6.42 Å². The Labute approximate surface area is 93.3 Å². The van der Waals surface area contributed by atoms with Gasteiger partial charge in [-0.3, -0.25) is 0 Å². The van der Waals surface area contributed by atoms with Gasteiger partial charge in [0, 0.05) is 19.3 Å². The van der Waals surface area contributed by atoms with Gasteiger partial charge in [-0.25, -0.2) is 4.98 Å². The monoisotopic (exact) mass is 206 g/mol. The zero-order valence-electron chi connectivity index (χ0n) is 10.5. The van der Waals surface area contributed by atoms with Crippen molar-refractivity contribution in [2.24, 2.45) is 5.92 Å². The first-order valence-corrected chi connectivity index (χ1v) is 5.68. The number of aromatic nitrogens is 1. The highest BCUT2D eigenvalue weighted by molar-refractivity contribution is 5.40. The molecular weight excluding hydrogens is 184 g/mol. The second-order valence-electron chi connectivity index (χ2n) is 4.82. The zero-order chi connectivity index (χ0) is 11.4. The van der Waals surface area contributed by atoms with Gasteiger partial charge in [0.05, 0.1) is 0 Å². The van der Waals surface area contributed by atoms with E-state index in [1.165, 1.54) is 5.56 Å². The minimum atomic E-state index is 0.492. The molecule has 0 saturated carbocycles. The molecule has 0 aromatic carbocycles. The average molecular weight is 206 g/mol. The molecule has 0 saturated heterocycles. The van der Waals surface area contributed by atoms with E-state index in [-0.39, 0.29) is 0 Å². The fourth-order valence-electron chi connectivity index (χ4n) is 1.52. The van der Waals surface area contributed by atoms with Crippen LogP contribution in [0.2, 0.25) is 0 Å². The van der Waals surface area contributed by atoms with Crippen LogP contribution in [0.3, 0.4) is 0 Å². The molecule has 0 aliphatic carbocycles. The first kappa shape index (κ1) is 12.0. The van der Waals surface area contributed by atoms with Crippen molar-refractivity contribution in [3.8, 4) is 0 Å². The second kappa shape index (κ2) is 5.15. The highest BCUT2D eigenvalue weighted by atomic mass is 15.2. The molecule has 1 rings (SSSR count). The van der Waals surface area contributed by atoms with Crippen LogP contribution < -0.4 is 4.90 Å². The maximum absolute atomic E-state index is 4.39. The first-order chi connectivity index (χ1) is 7.00. The average Bonchev–Trinajstić information content (AvgIpc) is 2.16. The normalized spacial score (nSPS) is 11.1. The van der Waals surface area contributed by atoms with Crippen LogP contribution in [0, 0.1) is 5.92 Å². The SMILES string of the molecule is CC(C)Cc1ccnc(N(C)C(C)C)c1. The Bertz CT molecular complexity index is 305. The molecule has 2 heteroatoms. The Kier molecular flexibility index (Phi) is 4.13. The summed E-state index contributed by atoms with van der Waals surface area (Å²) >= 11 is 0. The van der Waals surface area contributed by atoms with Crippen LogP contribution >= 0.6 is 0 Å². The molecule has 1 heterocycles. The van der Waals surface area contributed by atoms with Crippen molar-refractivity contribution in [3.05, 3.63) is 23.9 Å². The highest BCUT2D eigenvalue weighted by Gasteiger charge is 2.07. The summed E-state index contributed by atoms with van der Waals surface area (Å²) in [6.45, 7) is 8.84. The first-order valence-electron chi connectivity index (χ1n) is 5.68. The molecule has 0 unspecified atom stereocenters. The van der Waals surface area contributed by atoms with Gasteiger partial charge in [0.25, 0.3) is 0 Å². The smallest absolute Gasteiger partial charge is 0.128 e. The zero-order valence-corrected chi connectivity index (χ0v) is 10.5. The number of nitrogens with zero attached hydrogens (tertiary/aromatic N) is 2. The molecule has 0 aliphatic rings. The van der Waals surface area contributed by atoms with E-state index in [4.69, 9.17) is 0 Å². The van der Waals surface area contributed by atoms with Gasteiger partial charge in [0.2, 0.25) is 0 Å². The molecule has 15 heavy (non-hydrogen) atoms. The van der Waals surface area contributed by atoms with Gasteiger partial charge in [-0.15, -0.1) is 0 Å². The lowest BCUT2D eigenvalue weighted by molar-refractivity contribution is 0.645. The maximum Gasteiger partial charge on any atom is 0.128 e. The number of hydrogen-bond donors (Lipinski definition) is 0. The van der Waals surface area contributed by atoms with Crippen molar-refractivity contribution in [1.82, 2.24) is 4.98 Å². The van der Waals surface area contributed by atoms with Crippen LogP contribution in [0.4, 0.5) is 5.82 Å². The summed E-state index contributed by atoms with van der Waals surface area (Å²) in [6.07, 6.45) is 3.04. The number of rotatable bonds is 4. The van der Waals surface area contributed by atoms with Gasteiger partial charge < -0.3 is 4.90 Å². The highest BCUT2D eigenvalue weighted by Crippen LogP contribution is 2.15. The molecule has 84 valence electrons. The van der Waals surface area contributed by atoms with Gasteiger partial charge in [0.1, 0.15) is 5.82 Å². The molecule has 2 nitrogen and oxygen atoms in total. The molecular formula is C13H22N2. The largest absolute Gasteiger partial charge is 0.357 e. The van der Waals surface area contributed by atoms with Gasteiger partial charge in [-0.1, -0.05) is 13.8 Å². The van der Waals surface area contributed by atoms with Crippen molar-refractivity contribution in [2.75, 3.05) is 11.9 Å². The third kappa shape index (κ3) is 3.54. The van der Waals surface area contributed by atoms with Crippen LogP contribution in [0.25, 0.3) is 0 Å². The van der Waals surface area contributed by atoms with Gasteiger partial charge in [-0.05, 0) is 43.9 Å². The summed E-state index contributed by atoms with van der Waals surface area (Å²) in [5.74, 6) is 1.77. The molecule has 0 N–H and O–H groups in total. The van der Waals surface area contributed by atoms with Crippen LogP contribution in [0.1, 0.15) is 33.3 Å². The Morgan fingerprint density at radius 1 is 1.27 bits per heavy atom. The molecule has 1 aromatic rings. The van der Waals surface area contributed by atoms with Crippen LogP contribution in [0.5, 0.6) is 0 Å². The Hall–Kier alpha value is -1.05. The number of hydrogen-bond acceptors (Lipinski definition) is 2. The van der Waals surface area contributed by atoms with Gasteiger partial charge >= 0.3 is 0 Å². The van der Waals surface area contributed by atoms with E-state index in [2.05, 4.69) is 56.8 Å². The lowest BCUT2D eigenvalue weighted by Gasteiger charge is -2.23. The Balaban J connectivity index is 2.82. The quantitative estimate of drug-likeness (QED) is 0.752. The lowest BCUT2D eigenvalue weighted by Crippen LogP contribution is -2.26. The summed E-state index contributed by atoms with van der Waals surface area (Å²) in [4.78, 5) is 6.59. The molecule has 0 radical (unpaired) electrons. The third-order valence-corrected chi connectivity index (χ3v) is 2.59. The summed E-state index contributed by atoms with van der Waals surface area (Å²) in [7, 11) is 2.09. The van der Waals surface area contributed by atoms with E-state index in [1.54, 1.807) is 0 Å². The van der Waals surface area contributed by atoms with E-state index >= 15 is 0 Å². The number of anilines is 1.